The standard InChI is InChI=1S/C16H20N2O3/c1-3-14-11-21-12(2)10-18(14)16(20)15-6-7-17-9-13(15)5-4-8-19/h6-7,9,12,14,19H,3,8,10-11H2,1-2H3. The topological polar surface area (TPSA) is 62.7 Å². The van der Waals surface area contributed by atoms with Gasteiger partial charge in [-0.1, -0.05) is 18.8 Å². The predicted molar refractivity (Wildman–Crippen MR) is 78.7 cm³/mol. The molecule has 112 valence electrons. The molecular formula is C16H20N2O3. The van der Waals surface area contributed by atoms with Crippen molar-refractivity contribution >= 4 is 5.91 Å². The van der Waals surface area contributed by atoms with Crippen molar-refractivity contribution in [3.05, 3.63) is 29.6 Å². The van der Waals surface area contributed by atoms with Crippen LogP contribution in [-0.4, -0.2) is 52.8 Å². The van der Waals surface area contributed by atoms with Crippen LogP contribution in [0.15, 0.2) is 18.5 Å². The lowest BCUT2D eigenvalue weighted by molar-refractivity contribution is -0.0444. The van der Waals surface area contributed by atoms with Crippen LogP contribution < -0.4 is 0 Å². The van der Waals surface area contributed by atoms with Crippen molar-refractivity contribution in [2.75, 3.05) is 19.8 Å². The van der Waals surface area contributed by atoms with E-state index in [1.807, 2.05) is 18.7 Å². The molecular weight excluding hydrogens is 268 g/mol. The van der Waals surface area contributed by atoms with Crippen LogP contribution in [0.1, 0.15) is 36.2 Å². The fraction of sp³-hybridized carbons (Fsp3) is 0.500. The van der Waals surface area contributed by atoms with E-state index in [-0.39, 0.29) is 24.7 Å². The average Bonchev–Trinajstić information content (AvgIpc) is 2.52. The highest BCUT2D eigenvalue weighted by Gasteiger charge is 2.30. The van der Waals surface area contributed by atoms with Gasteiger partial charge in [0.25, 0.3) is 5.91 Å². The Bertz CT molecular complexity index is 562. The minimum Gasteiger partial charge on any atom is -0.384 e. The van der Waals surface area contributed by atoms with E-state index in [0.29, 0.717) is 24.3 Å². The lowest BCUT2D eigenvalue weighted by Gasteiger charge is -2.38. The van der Waals surface area contributed by atoms with Gasteiger partial charge in [-0.3, -0.25) is 9.78 Å². The zero-order valence-corrected chi connectivity index (χ0v) is 12.4. The molecule has 2 rings (SSSR count). The summed E-state index contributed by atoms with van der Waals surface area (Å²) < 4.78 is 5.63. The summed E-state index contributed by atoms with van der Waals surface area (Å²) in [6, 6.07) is 1.76. The van der Waals surface area contributed by atoms with Gasteiger partial charge in [0.15, 0.2) is 0 Å². The molecule has 2 heterocycles. The minimum absolute atomic E-state index is 0.0329. The van der Waals surface area contributed by atoms with Crippen LogP contribution in [0.3, 0.4) is 0 Å². The van der Waals surface area contributed by atoms with E-state index in [1.165, 1.54) is 0 Å². The number of aliphatic hydroxyl groups excluding tert-OH is 1. The maximum atomic E-state index is 12.8. The van der Waals surface area contributed by atoms with Crippen molar-refractivity contribution in [2.24, 2.45) is 0 Å². The Labute approximate surface area is 124 Å². The van der Waals surface area contributed by atoms with Crippen molar-refractivity contribution in [3.63, 3.8) is 0 Å². The summed E-state index contributed by atoms with van der Waals surface area (Å²) >= 11 is 0. The molecule has 1 aliphatic heterocycles. The Balaban J connectivity index is 2.30. The van der Waals surface area contributed by atoms with Gasteiger partial charge in [0.1, 0.15) is 6.61 Å². The molecule has 0 spiro atoms. The number of rotatable bonds is 2. The normalized spacial score (nSPS) is 21.6. The molecule has 21 heavy (non-hydrogen) atoms. The van der Waals surface area contributed by atoms with Crippen LogP contribution >= 0.6 is 0 Å². The first-order chi connectivity index (χ1) is 10.2. The number of morpholine rings is 1. The van der Waals surface area contributed by atoms with Crippen LogP contribution in [0, 0.1) is 11.8 Å². The monoisotopic (exact) mass is 288 g/mol. The molecule has 1 saturated heterocycles. The Kier molecular flexibility index (Phi) is 5.32. The van der Waals surface area contributed by atoms with E-state index in [0.717, 1.165) is 6.42 Å². The largest absolute Gasteiger partial charge is 0.384 e. The van der Waals surface area contributed by atoms with Gasteiger partial charge >= 0.3 is 0 Å². The van der Waals surface area contributed by atoms with Gasteiger partial charge in [0.05, 0.1) is 29.9 Å². The maximum Gasteiger partial charge on any atom is 0.255 e. The second kappa shape index (κ2) is 7.21. The maximum absolute atomic E-state index is 12.8. The Hall–Kier alpha value is -1.90. The third-order valence-corrected chi connectivity index (χ3v) is 3.55. The zero-order chi connectivity index (χ0) is 15.2. The smallest absolute Gasteiger partial charge is 0.255 e. The summed E-state index contributed by atoms with van der Waals surface area (Å²) in [6.45, 7) is 4.90. The number of hydrogen-bond donors (Lipinski definition) is 1. The van der Waals surface area contributed by atoms with Crippen LogP contribution in [0.25, 0.3) is 0 Å². The summed E-state index contributed by atoms with van der Waals surface area (Å²) in [5.74, 6) is 5.30. The van der Waals surface area contributed by atoms with Crippen LogP contribution in [0.5, 0.6) is 0 Å². The molecule has 1 aromatic rings. The summed E-state index contributed by atoms with van der Waals surface area (Å²) in [6.07, 6.45) is 4.02. The molecule has 1 aliphatic rings. The van der Waals surface area contributed by atoms with E-state index in [1.54, 1.807) is 18.5 Å². The van der Waals surface area contributed by atoms with Crippen LogP contribution in [0.2, 0.25) is 0 Å². The first-order valence-corrected chi connectivity index (χ1v) is 7.13. The summed E-state index contributed by atoms with van der Waals surface area (Å²) in [5.41, 5.74) is 1.07. The first kappa shape index (κ1) is 15.5. The van der Waals surface area contributed by atoms with Crippen LogP contribution in [-0.2, 0) is 4.74 Å². The summed E-state index contributed by atoms with van der Waals surface area (Å²) in [4.78, 5) is 18.7. The van der Waals surface area contributed by atoms with E-state index < -0.39 is 0 Å². The second-order valence-electron chi connectivity index (χ2n) is 5.04. The number of carbonyl (C=O) groups excluding carboxylic acids is 1. The van der Waals surface area contributed by atoms with Gasteiger partial charge in [-0.05, 0) is 19.4 Å². The molecule has 1 amide bonds. The van der Waals surface area contributed by atoms with Crippen molar-refractivity contribution in [3.8, 4) is 11.8 Å². The minimum atomic E-state index is -0.241. The van der Waals surface area contributed by atoms with Crippen molar-refractivity contribution in [1.82, 2.24) is 9.88 Å². The molecule has 5 heteroatoms. The summed E-state index contributed by atoms with van der Waals surface area (Å²) in [5, 5.41) is 8.81. The van der Waals surface area contributed by atoms with Crippen molar-refractivity contribution in [1.29, 1.82) is 0 Å². The lowest BCUT2D eigenvalue weighted by atomic mass is 10.1. The highest BCUT2D eigenvalue weighted by atomic mass is 16.5. The fourth-order valence-electron chi connectivity index (χ4n) is 2.40. The van der Waals surface area contributed by atoms with E-state index in [9.17, 15) is 4.79 Å². The molecule has 0 saturated carbocycles. The third kappa shape index (κ3) is 3.60. The zero-order valence-electron chi connectivity index (χ0n) is 12.4. The number of carbonyl (C=O) groups is 1. The third-order valence-electron chi connectivity index (χ3n) is 3.55. The van der Waals surface area contributed by atoms with Crippen LogP contribution in [0.4, 0.5) is 0 Å². The highest BCUT2D eigenvalue weighted by Crippen LogP contribution is 2.19. The molecule has 2 unspecified atom stereocenters. The second-order valence-corrected chi connectivity index (χ2v) is 5.04. The van der Waals surface area contributed by atoms with E-state index in [4.69, 9.17) is 9.84 Å². The number of hydrogen-bond acceptors (Lipinski definition) is 4. The fourth-order valence-corrected chi connectivity index (χ4v) is 2.40. The molecule has 1 N–H and O–H groups in total. The van der Waals surface area contributed by atoms with Gasteiger partial charge in [-0.2, -0.15) is 0 Å². The van der Waals surface area contributed by atoms with E-state index >= 15 is 0 Å². The number of amides is 1. The molecule has 5 nitrogen and oxygen atoms in total. The Morgan fingerprint density at radius 2 is 2.43 bits per heavy atom. The van der Waals surface area contributed by atoms with Gasteiger partial charge < -0.3 is 14.7 Å². The highest BCUT2D eigenvalue weighted by molar-refractivity contribution is 5.96. The van der Waals surface area contributed by atoms with E-state index in [2.05, 4.69) is 16.8 Å². The molecule has 1 fully saturated rings. The van der Waals surface area contributed by atoms with Gasteiger partial charge in [-0.25, -0.2) is 0 Å². The van der Waals surface area contributed by atoms with Crippen molar-refractivity contribution < 1.29 is 14.6 Å². The molecule has 2 atom stereocenters. The SMILES string of the molecule is CCC1COC(C)CN1C(=O)c1ccncc1C#CCO. The summed E-state index contributed by atoms with van der Waals surface area (Å²) in [7, 11) is 0. The van der Waals surface area contributed by atoms with Gasteiger partial charge in [-0.15, -0.1) is 0 Å². The quantitative estimate of drug-likeness (QED) is 0.827. The van der Waals surface area contributed by atoms with Gasteiger partial charge in [0, 0.05) is 18.9 Å². The number of nitrogens with zero attached hydrogens (tertiary/aromatic N) is 2. The van der Waals surface area contributed by atoms with Gasteiger partial charge in [0.2, 0.25) is 0 Å². The molecule has 0 bridgehead atoms. The van der Waals surface area contributed by atoms with Crippen molar-refractivity contribution in [2.45, 2.75) is 32.4 Å². The Morgan fingerprint density at radius 1 is 1.62 bits per heavy atom. The molecule has 0 aliphatic carbocycles. The molecule has 1 aromatic heterocycles. The molecule has 0 aromatic carbocycles. The predicted octanol–water partition coefficient (Wildman–Crippen LogP) is 1.06. The number of aliphatic hydroxyl groups is 1. The molecule has 0 radical (unpaired) electrons. The number of ether oxygens (including phenoxy) is 1. The first-order valence-electron chi connectivity index (χ1n) is 7.13. The number of aromatic nitrogens is 1. The lowest BCUT2D eigenvalue weighted by Crippen LogP contribution is -2.51. The average molecular weight is 288 g/mol. The number of pyridine rings is 1. The Morgan fingerprint density at radius 3 is 3.14 bits per heavy atom.